The van der Waals surface area contributed by atoms with Crippen LogP contribution in [0.4, 0.5) is 0 Å². The predicted octanol–water partition coefficient (Wildman–Crippen LogP) is 11.9. The predicted molar refractivity (Wildman–Crippen MR) is 257 cm³/mol. The van der Waals surface area contributed by atoms with E-state index in [0.29, 0.717) is 52.4 Å². The van der Waals surface area contributed by atoms with E-state index < -0.39 is 0 Å². The molecule has 0 saturated carbocycles. The summed E-state index contributed by atoms with van der Waals surface area (Å²) in [5.41, 5.74) is 2.24. The Kier molecular flexibility index (Phi) is 27.1. The molecule has 2 atom stereocenters. The van der Waals surface area contributed by atoms with Crippen molar-refractivity contribution in [1.29, 1.82) is 0 Å². The van der Waals surface area contributed by atoms with Gasteiger partial charge in [-0.25, -0.2) is 0 Å². The number of likely N-dealkylation sites (tertiary alicyclic amines) is 2. The van der Waals surface area contributed by atoms with Crippen molar-refractivity contribution in [1.82, 2.24) is 20.4 Å². The van der Waals surface area contributed by atoms with Crippen LogP contribution in [0.3, 0.4) is 0 Å². The Labute approximate surface area is 400 Å². The van der Waals surface area contributed by atoms with Crippen LogP contribution >= 0.6 is 0 Å². The molecule has 2 N–H and O–H groups in total. The molecule has 0 aromatic rings. The summed E-state index contributed by atoms with van der Waals surface area (Å²) in [7, 11) is 0. The van der Waals surface area contributed by atoms with Crippen LogP contribution in [0.2, 0.25) is 0 Å². The van der Waals surface area contributed by atoms with E-state index in [4.69, 9.17) is 0 Å². The third-order valence-corrected chi connectivity index (χ3v) is 11.3. The molecular weight excluding hydrogens is 818 g/mol. The molecule has 0 aliphatic carbocycles. The van der Waals surface area contributed by atoms with Crippen molar-refractivity contribution >= 4 is 17.3 Å². The van der Waals surface area contributed by atoms with Gasteiger partial charge in [0.15, 0.2) is 0 Å². The third kappa shape index (κ3) is 33.5. The van der Waals surface area contributed by atoms with Gasteiger partial charge < -0.3 is 26.7 Å². The summed E-state index contributed by atoms with van der Waals surface area (Å²) in [5, 5.41) is 6.72. The summed E-state index contributed by atoms with van der Waals surface area (Å²) in [6.45, 7) is 55.7. The summed E-state index contributed by atoms with van der Waals surface area (Å²) in [5.74, 6) is 2.44. The van der Waals surface area contributed by atoms with E-state index in [9.17, 15) is 14.4 Å². The Bertz CT molecular complexity index is 1200. The van der Waals surface area contributed by atoms with E-state index in [-0.39, 0.29) is 66.1 Å². The number of nitrogens with one attached hydrogen (secondary N) is 2. The minimum absolute atomic E-state index is 0. The molecule has 7 nitrogen and oxygen atoms in total. The van der Waals surface area contributed by atoms with Gasteiger partial charge in [-0.15, -0.1) is 0 Å². The Morgan fingerprint density at radius 3 is 1.20 bits per heavy atom. The summed E-state index contributed by atoms with van der Waals surface area (Å²) < 4.78 is 0. The number of ketones is 3. The zero-order valence-corrected chi connectivity index (χ0v) is 47.0. The zero-order valence-electron chi connectivity index (χ0n) is 44.2. The minimum atomic E-state index is 0. The van der Waals surface area contributed by atoms with Gasteiger partial charge >= 0.3 is 0 Å². The standard InChI is InChI=1S/C16H32N2O.C14H27NO.C12H22NO.C10H22.Y/c1-15(2,3)8-7-14(19)13-11-18(12-13)10-9-17-16(4,5)6;1-13(2,3)8-7-12(16)11-9-15(10-11)14(4,5)6;1-9-7-10(13-8-9)11(14)5-6-12(2,3)4;1-9(2,3)7-8-10(4,5)6;/h13,17H,7-12H2,1-6H3;11H,7-10H2,1-6H3;7,9-10,13H,5-6,8H2,1-4H3;7-8H2,1-6H3;/q;;-1;;. The molecule has 8 heteroatoms. The SMILES string of the molecule is CC(C)(C)CCC(=O)C1CN(C(C)(C)C)C1.CC(C)(C)CCC(=O)C1CN(CCNC(C)(C)C)C1.CC(C)(C)CCC(C)(C)C.CC1[CH-]C(C(=O)CCC(C)(C)C)NC1.[Y]. The maximum Gasteiger partial charge on any atom is 0.138 e. The number of hydrogen-bond acceptors (Lipinski definition) is 7. The van der Waals surface area contributed by atoms with Crippen LogP contribution in [0.5, 0.6) is 0 Å². The van der Waals surface area contributed by atoms with Crippen molar-refractivity contribution in [3.63, 3.8) is 0 Å². The number of carbonyl (C=O) groups is 3. The van der Waals surface area contributed by atoms with Gasteiger partial charge in [-0.05, 0) is 107 Å². The first kappa shape index (κ1) is 62.0. The Hall–Kier alpha value is -0.0461. The van der Waals surface area contributed by atoms with Gasteiger partial charge in [-0.2, -0.15) is 5.92 Å². The van der Waals surface area contributed by atoms with Gasteiger partial charge in [0.2, 0.25) is 0 Å². The van der Waals surface area contributed by atoms with Crippen molar-refractivity contribution in [2.75, 3.05) is 45.8 Å². The van der Waals surface area contributed by atoms with Crippen molar-refractivity contribution in [2.45, 2.75) is 221 Å². The molecule has 3 rings (SSSR count). The molecule has 0 spiro atoms. The molecule has 0 bridgehead atoms. The van der Waals surface area contributed by atoms with Gasteiger partial charge in [0.05, 0.1) is 0 Å². The summed E-state index contributed by atoms with van der Waals surface area (Å²) in [6, 6.07) is 0.0207. The van der Waals surface area contributed by atoms with Crippen LogP contribution in [-0.2, 0) is 47.1 Å². The van der Waals surface area contributed by atoms with Gasteiger partial charge in [-0.1, -0.05) is 117 Å². The van der Waals surface area contributed by atoms with Crippen molar-refractivity contribution in [3.05, 3.63) is 6.42 Å². The molecule has 3 heterocycles. The molecule has 60 heavy (non-hydrogen) atoms. The van der Waals surface area contributed by atoms with Gasteiger partial charge in [-0.3, -0.25) is 14.5 Å². The fourth-order valence-corrected chi connectivity index (χ4v) is 6.58. The second kappa shape index (κ2) is 26.2. The van der Waals surface area contributed by atoms with E-state index in [2.05, 4.69) is 179 Å². The van der Waals surface area contributed by atoms with Crippen LogP contribution in [0.25, 0.3) is 0 Å². The second-order valence-electron chi connectivity index (χ2n) is 26.7. The van der Waals surface area contributed by atoms with Crippen LogP contribution in [0.15, 0.2) is 0 Å². The molecule has 3 aliphatic rings. The average Bonchev–Trinajstić information content (AvgIpc) is 3.41. The molecule has 0 amide bonds. The summed E-state index contributed by atoms with van der Waals surface area (Å²) in [6.07, 6.45) is 9.99. The van der Waals surface area contributed by atoms with E-state index in [1.54, 1.807) is 0 Å². The number of carbonyl (C=O) groups excluding carboxylic acids is 3. The fourth-order valence-electron chi connectivity index (χ4n) is 6.58. The molecule has 0 aromatic carbocycles. The second-order valence-corrected chi connectivity index (χ2v) is 26.7. The quantitative estimate of drug-likeness (QED) is 0.178. The van der Waals surface area contributed by atoms with Crippen molar-refractivity contribution in [3.8, 4) is 0 Å². The first-order valence-corrected chi connectivity index (χ1v) is 23.6. The van der Waals surface area contributed by atoms with Crippen LogP contribution in [0.1, 0.15) is 204 Å². The van der Waals surface area contributed by atoms with Crippen LogP contribution in [-0.4, -0.2) is 90.1 Å². The molecule has 3 fully saturated rings. The first-order valence-electron chi connectivity index (χ1n) is 23.6. The Morgan fingerprint density at radius 2 is 0.900 bits per heavy atom. The first-order chi connectivity index (χ1) is 26.3. The largest absolute Gasteiger partial charge is 0.338 e. The van der Waals surface area contributed by atoms with E-state index >= 15 is 0 Å². The smallest absolute Gasteiger partial charge is 0.138 e. The third-order valence-electron chi connectivity index (χ3n) is 11.3. The fraction of sp³-hybridized carbons (Fsp3) is 0.923. The molecule has 3 aliphatic heterocycles. The normalized spacial score (nSPS) is 19.9. The van der Waals surface area contributed by atoms with Crippen molar-refractivity contribution in [2.24, 2.45) is 44.8 Å². The van der Waals surface area contributed by atoms with Crippen LogP contribution in [0, 0.1) is 51.2 Å². The molecule has 0 aromatic heterocycles. The average molecular weight is 921 g/mol. The number of Topliss-reactive ketones (excluding diaryl/α,β-unsaturated/α-hetero) is 3. The number of hydrogen-bond donors (Lipinski definition) is 2. The molecule has 3 saturated heterocycles. The topological polar surface area (TPSA) is 81.8 Å². The Morgan fingerprint density at radius 1 is 0.550 bits per heavy atom. The number of rotatable bonds is 13. The van der Waals surface area contributed by atoms with Gasteiger partial charge in [0.1, 0.15) is 17.3 Å². The van der Waals surface area contributed by atoms with E-state index in [0.717, 1.165) is 77.9 Å². The summed E-state index contributed by atoms with van der Waals surface area (Å²) >= 11 is 0. The maximum absolute atomic E-state index is 12.0. The van der Waals surface area contributed by atoms with Gasteiger partial charge in [0.25, 0.3) is 0 Å². The van der Waals surface area contributed by atoms with Crippen molar-refractivity contribution < 1.29 is 47.1 Å². The van der Waals surface area contributed by atoms with Crippen LogP contribution < -0.4 is 10.6 Å². The monoisotopic (exact) mass is 921 g/mol. The molecule has 2 unspecified atom stereocenters. The Balaban J connectivity index is 0. The molecular formula is C52H103N4O3Y-. The minimum Gasteiger partial charge on any atom is -0.338 e. The molecule has 1 radical (unpaired) electrons. The molecule has 353 valence electrons. The summed E-state index contributed by atoms with van der Waals surface area (Å²) in [4.78, 5) is 40.4. The maximum atomic E-state index is 12.0. The van der Waals surface area contributed by atoms with E-state index in [1.165, 1.54) is 12.8 Å². The number of nitrogens with zero attached hydrogens (tertiary/aromatic N) is 2. The van der Waals surface area contributed by atoms with E-state index in [1.807, 2.05) is 0 Å². The van der Waals surface area contributed by atoms with Gasteiger partial charge in [0, 0.05) is 114 Å². The zero-order chi connectivity index (χ0) is 46.4.